The average molecular weight is 343 g/mol. The van der Waals surface area contributed by atoms with E-state index in [2.05, 4.69) is 15.5 Å². The summed E-state index contributed by atoms with van der Waals surface area (Å²) in [5.41, 5.74) is 3.29. The lowest BCUT2D eigenvalue weighted by atomic mass is 10.1. The van der Waals surface area contributed by atoms with Crippen LogP contribution in [0.25, 0.3) is 0 Å². The van der Waals surface area contributed by atoms with Gasteiger partial charge in [-0.15, -0.1) is 0 Å². The highest BCUT2D eigenvalue weighted by Crippen LogP contribution is 2.20. The minimum absolute atomic E-state index is 0.0217. The number of nitrogens with zero attached hydrogens (tertiary/aromatic N) is 3. The molecule has 2 N–H and O–H groups in total. The summed E-state index contributed by atoms with van der Waals surface area (Å²) in [6.07, 6.45) is 0.833. The fourth-order valence-electron chi connectivity index (χ4n) is 2.95. The minimum atomic E-state index is -0.432. The summed E-state index contributed by atoms with van der Waals surface area (Å²) in [6, 6.07) is 6.26. The second-order valence-electron chi connectivity index (χ2n) is 6.41. The van der Waals surface area contributed by atoms with E-state index in [1.165, 1.54) is 12.1 Å². The van der Waals surface area contributed by atoms with Crippen LogP contribution in [0.2, 0.25) is 0 Å². The summed E-state index contributed by atoms with van der Waals surface area (Å²) in [7, 11) is 0. The van der Waals surface area contributed by atoms with Gasteiger partial charge in [-0.2, -0.15) is 5.10 Å². The number of carbonyl (C=O) groups excluding carboxylic acids is 1. The third-order valence-corrected chi connectivity index (χ3v) is 4.39. The molecule has 2 aromatic rings. The summed E-state index contributed by atoms with van der Waals surface area (Å²) in [5.74, 6) is -0.130. The zero-order valence-corrected chi connectivity index (χ0v) is 14.3. The Kier molecular flexibility index (Phi) is 4.80. The molecule has 1 aromatic carbocycles. The molecule has 0 spiro atoms. The number of rotatable bonds is 5. The monoisotopic (exact) mass is 343 g/mol. The maximum atomic E-state index is 13.0. The van der Waals surface area contributed by atoms with Crippen molar-refractivity contribution in [3.05, 3.63) is 56.9 Å². The van der Waals surface area contributed by atoms with Gasteiger partial charge in [0.15, 0.2) is 5.69 Å². The number of amides is 1. The lowest BCUT2D eigenvalue weighted by molar-refractivity contribution is -0.384. The van der Waals surface area contributed by atoms with E-state index in [0.29, 0.717) is 18.8 Å². The van der Waals surface area contributed by atoms with Crippen LogP contribution in [0, 0.1) is 10.1 Å². The molecule has 132 valence electrons. The molecule has 0 saturated heterocycles. The van der Waals surface area contributed by atoms with Crippen molar-refractivity contribution in [2.75, 3.05) is 6.54 Å². The lowest BCUT2D eigenvalue weighted by Gasteiger charge is -2.27. The van der Waals surface area contributed by atoms with Crippen LogP contribution in [0.5, 0.6) is 0 Å². The number of nitrogens with one attached hydrogen (secondary N) is 2. The third-order valence-electron chi connectivity index (χ3n) is 4.39. The first-order chi connectivity index (χ1) is 12.0. The zero-order valence-electron chi connectivity index (χ0n) is 14.3. The van der Waals surface area contributed by atoms with Crippen LogP contribution in [0.1, 0.15) is 41.2 Å². The molecule has 0 saturated carbocycles. The number of nitro groups is 1. The predicted octanol–water partition coefficient (Wildman–Crippen LogP) is 2.01. The zero-order chi connectivity index (χ0) is 18.0. The molecule has 1 amide bonds. The Labute approximate surface area is 145 Å². The van der Waals surface area contributed by atoms with Crippen LogP contribution in [0.4, 0.5) is 5.69 Å². The van der Waals surface area contributed by atoms with Crippen molar-refractivity contribution < 1.29 is 9.72 Å². The van der Waals surface area contributed by atoms with Crippen LogP contribution in [-0.4, -0.2) is 38.5 Å². The molecule has 8 heteroatoms. The van der Waals surface area contributed by atoms with Gasteiger partial charge in [0, 0.05) is 55.5 Å². The van der Waals surface area contributed by atoms with E-state index in [4.69, 9.17) is 0 Å². The van der Waals surface area contributed by atoms with Crippen molar-refractivity contribution in [2.24, 2.45) is 0 Å². The SMILES string of the molecule is CC(C)N(Cc1ccc([N+](=O)[O-])cc1)C(=O)c1n[nH]c2c1CNCC2. The number of fused-ring (bicyclic) bond motifs is 1. The molecular formula is C17H21N5O3. The number of nitro benzene ring substituents is 1. The fourth-order valence-corrected chi connectivity index (χ4v) is 2.95. The van der Waals surface area contributed by atoms with Gasteiger partial charge in [0.25, 0.3) is 11.6 Å². The van der Waals surface area contributed by atoms with Gasteiger partial charge in [-0.05, 0) is 19.4 Å². The number of non-ortho nitro benzene ring substituents is 1. The maximum Gasteiger partial charge on any atom is 0.275 e. The lowest BCUT2D eigenvalue weighted by Crippen LogP contribution is -2.37. The van der Waals surface area contributed by atoms with Crippen LogP contribution in [0.15, 0.2) is 24.3 Å². The van der Waals surface area contributed by atoms with Crippen molar-refractivity contribution in [3.8, 4) is 0 Å². The number of aromatic amines is 1. The molecule has 0 aliphatic carbocycles. The van der Waals surface area contributed by atoms with Gasteiger partial charge >= 0.3 is 0 Å². The number of H-pyrrole nitrogens is 1. The standard InChI is InChI=1S/C17H21N5O3/c1-11(2)21(10-12-3-5-13(6-4-12)22(24)25)17(23)16-14-9-18-8-7-15(14)19-20-16/h3-6,11,18H,7-10H2,1-2H3,(H,19,20). The minimum Gasteiger partial charge on any atom is -0.330 e. The van der Waals surface area contributed by atoms with Crippen molar-refractivity contribution in [2.45, 2.75) is 39.4 Å². The second kappa shape index (κ2) is 7.02. The van der Waals surface area contributed by atoms with Gasteiger partial charge in [0.05, 0.1) is 4.92 Å². The Bertz CT molecular complexity index is 782. The molecule has 3 rings (SSSR count). The van der Waals surface area contributed by atoms with Gasteiger partial charge in [0.2, 0.25) is 0 Å². The number of carbonyl (C=O) groups is 1. The first kappa shape index (κ1) is 17.1. The van der Waals surface area contributed by atoms with Crippen molar-refractivity contribution in [1.82, 2.24) is 20.4 Å². The molecular weight excluding hydrogens is 322 g/mol. The predicted molar refractivity (Wildman–Crippen MR) is 92.1 cm³/mol. The van der Waals surface area contributed by atoms with E-state index in [-0.39, 0.29) is 17.6 Å². The van der Waals surface area contributed by atoms with Gasteiger partial charge in [0.1, 0.15) is 0 Å². The van der Waals surface area contributed by atoms with Crippen LogP contribution in [0.3, 0.4) is 0 Å². The highest BCUT2D eigenvalue weighted by atomic mass is 16.6. The normalized spacial score (nSPS) is 13.6. The van der Waals surface area contributed by atoms with E-state index in [0.717, 1.165) is 29.8 Å². The highest BCUT2D eigenvalue weighted by molar-refractivity contribution is 5.94. The largest absolute Gasteiger partial charge is 0.330 e. The molecule has 1 aliphatic heterocycles. The smallest absolute Gasteiger partial charge is 0.275 e. The molecule has 0 atom stereocenters. The molecule has 8 nitrogen and oxygen atoms in total. The molecule has 0 radical (unpaired) electrons. The van der Waals surface area contributed by atoms with Gasteiger partial charge in [-0.1, -0.05) is 12.1 Å². The highest BCUT2D eigenvalue weighted by Gasteiger charge is 2.27. The average Bonchev–Trinajstić information content (AvgIpc) is 3.03. The van der Waals surface area contributed by atoms with Crippen molar-refractivity contribution >= 4 is 11.6 Å². The number of benzene rings is 1. The number of hydrogen-bond donors (Lipinski definition) is 2. The Morgan fingerprint density at radius 2 is 2.08 bits per heavy atom. The molecule has 1 aliphatic rings. The number of hydrogen-bond acceptors (Lipinski definition) is 5. The molecule has 0 bridgehead atoms. The van der Waals surface area contributed by atoms with E-state index in [1.54, 1.807) is 17.0 Å². The van der Waals surface area contributed by atoms with E-state index in [9.17, 15) is 14.9 Å². The summed E-state index contributed by atoms with van der Waals surface area (Å²) in [6.45, 7) is 5.78. The van der Waals surface area contributed by atoms with Gasteiger partial charge < -0.3 is 10.2 Å². The van der Waals surface area contributed by atoms with E-state index in [1.807, 2.05) is 13.8 Å². The van der Waals surface area contributed by atoms with E-state index >= 15 is 0 Å². The quantitative estimate of drug-likeness (QED) is 0.638. The first-order valence-electron chi connectivity index (χ1n) is 8.28. The summed E-state index contributed by atoms with van der Waals surface area (Å²) < 4.78 is 0. The Morgan fingerprint density at radius 1 is 1.36 bits per heavy atom. The Hall–Kier alpha value is -2.74. The van der Waals surface area contributed by atoms with Gasteiger partial charge in [-0.25, -0.2) is 0 Å². The van der Waals surface area contributed by atoms with Crippen LogP contribution >= 0.6 is 0 Å². The Morgan fingerprint density at radius 3 is 2.72 bits per heavy atom. The summed E-state index contributed by atoms with van der Waals surface area (Å²) in [5, 5.41) is 21.2. The van der Waals surface area contributed by atoms with Crippen LogP contribution in [-0.2, 0) is 19.5 Å². The number of aromatic nitrogens is 2. The molecule has 1 aromatic heterocycles. The molecule has 25 heavy (non-hydrogen) atoms. The summed E-state index contributed by atoms with van der Waals surface area (Å²) in [4.78, 5) is 25.1. The fraction of sp³-hybridized carbons (Fsp3) is 0.412. The molecule has 2 heterocycles. The van der Waals surface area contributed by atoms with Crippen molar-refractivity contribution in [3.63, 3.8) is 0 Å². The second-order valence-corrected chi connectivity index (χ2v) is 6.41. The first-order valence-corrected chi connectivity index (χ1v) is 8.28. The van der Waals surface area contributed by atoms with Gasteiger partial charge in [-0.3, -0.25) is 20.0 Å². The maximum absolute atomic E-state index is 13.0. The van der Waals surface area contributed by atoms with Crippen LogP contribution < -0.4 is 5.32 Å². The molecule has 0 fully saturated rings. The third kappa shape index (κ3) is 3.53. The molecule has 0 unspecified atom stereocenters. The van der Waals surface area contributed by atoms with Crippen molar-refractivity contribution in [1.29, 1.82) is 0 Å². The topological polar surface area (TPSA) is 104 Å². The Balaban J connectivity index is 1.82. The van der Waals surface area contributed by atoms with E-state index < -0.39 is 4.92 Å². The summed E-state index contributed by atoms with van der Waals surface area (Å²) >= 11 is 0.